The van der Waals surface area contributed by atoms with Gasteiger partial charge in [-0.05, 0) is 60.4 Å². The van der Waals surface area contributed by atoms with Crippen molar-refractivity contribution in [2.45, 2.75) is 32.9 Å². The number of rotatable bonds is 6. The van der Waals surface area contributed by atoms with E-state index in [1.54, 1.807) is 30.5 Å². The van der Waals surface area contributed by atoms with Crippen LogP contribution in [0.4, 0.5) is 0 Å². The quantitative estimate of drug-likeness (QED) is 0.725. The SMILES string of the molecule is Cc1ccc(=O)n(CC(=O)NC(Cc2ccsc2)c2ncccc2C)n1. The van der Waals surface area contributed by atoms with Gasteiger partial charge in [-0.1, -0.05) is 6.07 Å². The van der Waals surface area contributed by atoms with Crippen LogP contribution in [0.5, 0.6) is 0 Å². The summed E-state index contributed by atoms with van der Waals surface area (Å²) in [7, 11) is 0. The first-order valence-corrected chi connectivity index (χ1v) is 9.24. The van der Waals surface area contributed by atoms with E-state index in [-0.39, 0.29) is 24.1 Å². The molecule has 7 heteroatoms. The summed E-state index contributed by atoms with van der Waals surface area (Å²) in [4.78, 5) is 28.9. The molecule has 1 atom stereocenters. The lowest BCUT2D eigenvalue weighted by atomic mass is 10.0. The van der Waals surface area contributed by atoms with Gasteiger partial charge < -0.3 is 5.32 Å². The van der Waals surface area contributed by atoms with Crippen LogP contribution >= 0.6 is 11.3 Å². The number of hydrogen-bond acceptors (Lipinski definition) is 5. The zero-order valence-corrected chi connectivity index (χ0v) is 15.5. The first-order valence-electron chi connectivity index (χ1n) is 8.29. The number of aryl methyl sites for hydroxylation is 2. The Kier molecular flexibility index (Phi) is 5.58. The maximum atomic E-state index is 12.6. The molecule has 0 bridgehead atoms. The molecule has 0 spiro atoms. The second kappa shape index (κ2) is 8.05. The maximum absolute atomic E-state index is 12.6. The molecule has 1 N–H and O–H groups in total. The van der Waals surface area contributed by atoms with Crippen LogP contribution in [0, 0.1) is 13.8 Å². The Morgan fingerprint density at radius 3 is 2.85 bits per heavy atom. The van der Waals surface area contributed by atoms with E-state index in [4.69, 9.17) is 0 Å². The third-order valence-electron chi connectivity index (χ3n) is 4.03. The molecule has 0 aromatic carbocycles. The number of aromatic nitrogens is 3. The van der Waals surface area contributed by atoms with Crippen LogP contribution < -0.4 is 10.9 Å². The summed E-state index contributed by atoms with van der Waals surface area (Å²) < 4.78 is 1.18. The summed E-state index contributed by atoms with van der Waals surface area (Å²) in [5, 5.41) is 11.2. The van der Waals surface area contributed by atoms with Crippen LogP contribution in [0.15, 0.2) is 52.1 Å². The van der Waals surface area contributed by atoms with Crippen molar-refractivity contribution in [2.75, 3.05) is 0 Å². The fourth-order valence-electron chi connectivity index (χ4n) is 2.76. The molecule has 0 aliphatic heterocycles. The lowest BCUT2D eigenvalue weighted by Gasteiger charge is -2.20. The van der Waals surface area contributed by atoms with Crippen molar-refractivity contribution in [1.82, 2.24) is 20.1 Å². The van der Waals surface area contributed by atoms with E-state index >= 15 is 0 Å². The molecule has 3 heterocycles. The largest absolute Gasteiger partial charge is 0.346 e. The molecule has 0 saturated heterocycles. The minimum Gasteiger partial charge on any atom is -0.346 e. The number of hydrogen-bond donors (Lipinski definition) is 1. The van der Waals surface area contributed by atoms with Crippen molar-refractivity contribution in [3.63, 3.8) is 0 Å². The summed E-state index contributed by atoms with van der Waals surface area (Å²) in [5.41, 5.74) is 3.37. The Morgan fingerprint density at radius 2 is 2.12 bits per heavy atom. The second-order valence-corrected chi connectivity index (χ2v) is 6.91. The van der Waals surface area contributed by atoms with Crippen LogP contribution in [0.3, 0.4) is 0 Å². The zero-order valence-electron chi connectivity index (χ0n) is 14.7. The van der Waals surface area contributed by atoms with Gasteiger partial charge in [0.15, 0.2) is 0 Å². The Labute approximate surface area is 155 Å². The minimum absolute atomic E-state index is 0.119. The van der Waals surface area contributed by atoms with Crippen LogP contribution in [-0.2, 0) is 17.8 Å². The Balaban J connectivity index is 1.81. The smallest absolute Gasteiger partial charge is 0.267 e. The van der Waals surface area contributed by atoms with Gasteiger partial charge in [0.2, 0.25) is 5.91 Å². The molecule has 3 aromatic rings. The van der Waals surface area contributed by atoms with Gasteiger partial charge in [0.05, 0.1) is 17.4 Å². The predicted molar refractivity (Wildman–Crippen MR) is 101 cm³/mol. The van der Waals surface area contributed by atoms with E-state index in [0.29, 0.717) is 12.1 Å². The molecule has 0 saturated carbocycles. The van der Waals surface area contributed by atoms with Gasteiger partial charge in [-0.25, -0.2) is 4.68 Å². The van der Waals surface area contributed by atoms with Gasteiger partial charge in [0, 0.05) is 12.3 Å². The van der Waals surface area contributed by atoms with E-state index in [0.717, 1.165) is 16.8 Å². The molecule has 0 aliphatic carbocycles. The van der Waals surface area contributed by atoms with Gasteiger partial charge in [-0.3, -0.25) is 14.6 Å². The highest BCUT2D eigenvalue weighted by Gasteiger charge is 2.19. The molecule has 0 fully saturated rings. The molecular formula is C19H20N4O2S. The van der Waals surface area contributed by atoms with Crippen molar-refractivity contribution in [3.05, 3.63) is 80.2 Å². The topological polar surface area (TPSA) is 76.9 Å². The van der Waals surface area contributed by atoms with Crippen LogP contribution in [0.1, 0.15) is 28.6 Å². The van der Waals surface area contributed by atoms with Gasteiger partial charge in [0.25, 0.3) is 5.56 Å². The first-order chi connectivity index (χ1) is 12.5. The van der Waals surface area contributed by atoms with E-state index in [1.165, 1.54) is 10.7 Å². The number of amides is 1. The fourth-order valence-corrected chi connectivity index (χ4v) is 3.44. The summed E-state index contributed by atoms with van der Waals surface area (Å²) in [6.45, 7) is 3.64. The van der Waals surface area contributed by atoms with Crippen LogP contribution in [-0.4, -0.2) is 20.7 Å². The van der Waals surface area contributed by atoms with Crippen molar-refractivity contribution < 1.29 is 4.79 Å². The summed E-state index contributed by atoms with van der Waals surface area (Å²) in [5.74, 6) is -0.268. The number of pyridine rings is 1. The first kappa shape index (κ1) is 18.0. The highest BCUT2D eigenvalue weighted by atomic mass is 32.1. The molecule has 1 unspecified atom stereocenters. The number of nitrogens with one attached hydrogen (secondary N) is 1. The van der Waals surface area contributed by atoms with E-state index in [9.17, 15) is 9.59 Å². The average Bonchev–Trinajstić information content (AvgIpc) is 3.11. The molecule has 3 aromatic heterocycles. The Morgan fingerprint density at radius 1 is 1.27 bits per heavy atom. The number of nitrogens with zero attached hydrogens (tertiary/aromatic N) is 3. The Bertz CT molecular complexity index is 950. The highest BCUT2D eigenvalue weighted by Crippen LogP contribution is 2.21. The van der Waals surface area contributed by atoms with E-state index in [2.05, 4.69) is 20.8 Å². The lowest BCUT2D eigenvalue weighted by molar-refractivity contribution is -0.122. The maximum Gasteiger partial charge on any atom is 0.267 e. The third-order valence-corrected chi connectivity index (χ3v) is 4.76. The molecule has 1 amide bonds. The monoisotopic (exact) mass is 368 g/mol. The van der Waals surface area contributed by atoms with Gasteiger partial charge in [0.1, 0.15) is 6.54 Å². The fraction of sp³-hybridized carbons (Fsp3) is 0.263. The van der Waals surface area contributed by atoms with E-state index in [1.807, 2.05) is 30.5 Å². The normalized spacial score (nSPS) is 11.9. The van der Waals surface area contributed by atoms with Crippen LogP contribution in [0.25, 0.3) is 0 Å². The molecule has 3 rings (SSSR count). The lowest BCUT2D eigenvalue weighted by Crippen LogP contribution is -2.37. The Hall–Kier alpha value is -2.80. The van der Waals surface area contributed by atoms with Crippen molar-refractivity contribution in [3.8, 4) is 0 Å². The van der Waals surface area contributed by atoms with Gasteiger partial charge >= 0.3 is 0 Å². The van der Waals surface area contributed by atoms with E-state index < -0.39 is 0 Å². The summed E-state index contributed by atoms with van der Waals surface area (Å²) in [6.07, 6.45) is 2.37. The van der Waals surface area contributed by atoms with Crippen molar-refractivity contribution in [2.24, 2.45) is 0 Å². The van der Waals surface area contributed by atoms with Gasteiger partial charge in [-0.2, -0.15) is 16.4 Å². The summed E-state index contributed by atoms with van der Waals surface area (Å²) in [6, 6.07) is 8.67. The highest BCUT2D eigenvalue weighted by molar-refractivity contribution is 7.07. The molecule has 26 heavy (non-hydrogen) atoms. The second-order valence-electron chi connectivity index (χ2n) is 6.13. The third kappa shape index (κ3) is 4.43. The number of thiophene rings is 1. The molecule has 0 aliphatic rings. The van der Waals surface area contributed by atoms with Gasteiger partial charge in [-0.15, -0.1) is 0 Å². The standard InChI is InChI=1S/C19H20N4O2S/c1-13-4-3-8-20-19(13)16(10-15-7-9-26-12-15)21-17(24)11-23-18(25)6-5-14(2)22-23/h3-9,12,16H,10-11H2,1-2H3,(H,21,24). The molecular weight excluding hydrogens is 348 g/mol. The van der Waals surface area contributed by atoms with Crippen LogP contribution in [0.2, 0.25) is 0 Å². The number of carbonyl (C=O) groups is 1. The summed E-state index contributed by atoms with van der Waals surface area (Å²) >= 11 is 1.62. The molecule has 6 nitrogen and oxygen atoms in total. The molecule has 134 valence electrons. The zero-order chi connectivity index (χ0) is 18.5. The predicted octanol–water partition coefficient (Wildman–Crippen LogP) is 2.42. The van der Waals surface area contributed by atoms with Crippen molar-refractivity contribution >= 4 is 17.2 Å². The molecule has 0 radical (unpaired) electrons. The number of carbonyl (C=O) groups excluding carboxylic acids is 1. The van der Waals surface area contributed by atoms with Crippen molar-refractivity contribution in [1.29, 1.82) is 0 Å². The minimum atomic E-state index is -0.297. The average molecular weight is 368 g/mol.